The maximum atomic E-state index is 13.4. The lowest BCUT2D eigenvalue weighted by molar-refractivity contribution is -0.122. The number of anilines is 2. The third-order valence-electron chi connectivity index (χ3n) is 6.26. The molecular weight excluding hydrogens is 458 g/mol. The van der Waals surface area contributed by atoms with Crippen LogP contribution in [0.1, 0.15) is 23.1 Å². The van der Waals surface area contributed by atoms with Gasteiger partial charge in [-0.1, -0.05) is 42.5 Å². The first-order valence-corrected chi connectivity index (χ1v) is 11.9. The van der Waals surface area contributed by atoms with E-state index in [1.54, 1.807) is 37.5 Å². The summed E-state index contributed by atoms with van der Waals surface area (Å²) >= 11 is 5.31. The summed E-state index contributed by atoms with van der Waals surface area (Å²) in [6.45, 7) is 1.85. The highest BCUT2D eigenvalue weighted by Crippen LogP contribution is 2.31. The Bertz CT molecular complexity index is 1340. The molecule has 5 rings (SSSR count). The Morgan fingerprint density at radius 1 is 1.03 bits per heavy atom. The predicted molar refractivity (Wildman–Crippen MR) is 141 cm³/mol. The van der Waals surface area contributed by atoms with E-state index in [1.807, 2.05) is 12.1 Å². The Labute approximate surface area is 209 Å². The average molecular weight is 484 g/mol. The van der Waals surface area contributed by atoms with Gasteiger partial charge < -0.3 is 9.64 Å². The number of nitrogens with zero attached hydrogens (tertiary/aromatic N) is 2. The molecule has 1 N–H and O–H groups in total. The highest BCUT2D eigenvalue weighted by molar-refractivity contribution is 7.80. The van der Waals surface area contributed by atoms with Crippen molar-refractivity contribution < 1.29 is 14.3 Å². The fourth-order valence-corrected chi connectivity index (χ4v) is 4.84. The van der Waals surface area contributed by atoms with E-state index in [0.717, 1.165) is 31.5 Å². The molecule has 3 aromatic carbocycles. The van der Waals surface area contributed by atoms with Crippen LogP contribution in [0.15, 0.2) is 78.4 Å². The molecule has 3 aromatic rings. The minimum atomic E-state index is -0.498. The Balaban J connectivity index is 1.44. The first-order chi connectivity index (χ1) is 17.0. The molecule has 176 valence electrons. The van der Waals surface area contributed by atoms with Crippen molar-refractivity contribution in [1.82, 2.24) is 5.32 Å². The molecule has 0 saturated carbocycles. The molecule has 0 unspecified atom stereocenters. The number of ether oxygens (including phenoxy) is 1. The zero-order chi connectivity index (χ0) is 24.4. The van der Waals surface area contributed by atoms with Crippen LogP contribution >= 0.6 is 12.2 Å². The summed E-state index contributed by atoms with van der Waals surface area (Å²) in [5.74, 6) is -0.367. The quantitative estimate of drug-likeness (QED) is 0.329. The molecular formula is C28H25N3O3S. The Kier molecular flexibility index (Phi) is 6.33. The van der Waals surface area contributed by atoms with Crippen LogP contribution in [0, 0.1) is 0 Å². The SMILES string of the molecule is COc1cccc(N2C(=O)C(=Cc3ccc4c(c3)CCCN4Cc3ccccc3)C(=O)NC2=S)c1. The summed E-state index contributed by atoms with van der Waals surface area (Å²) in [4.78, 5) is 29.8. The Hall–Kier alpha value is -3.97. The van der Waals surface area contributed by atoms with Crippen LogP contribution in [0.3, 0.4) is 0 Å². The van der Waals surface area contributed by atoms with E-state index in [-0.39, 0.29) is 10.7 Å². The zero-order valence-corrected chi connectivity index (χ0v) is 20.2. The number of aryl methyl sites for hydroxylation is 1. The lowest BCUT2D eigenvalue weighted by atomic mass is 9.97. The average Bonchev–Trinajstić information content (AvgIpc) is 2.87. The molecule has 7 heteroatoms. The van der Waals surface area contributed by atoms with E-state index < -0.39 is 11.8 Å². The molecule has 0 atom stereocenters. The molecule has 2 amide bonds. The molecule has 0 spiro atoms. The molecule has 35 heavy (non-hydrogen) atoms. The number of fused-ring (bicyclic) bond motifs is 1. The van der Waals surface area contributed by atoms with Gasteiger partial charge in [0.1, 0.15) is 11.3 Å². The summed E-state index contributed by atoms with van der Waals surface area (Å²) in [5, 5.41) is 2.69. The molecule has 0 aliphatic carbocycles. The highest BCUT2D eigenvalue weighted by atomic mass is 32.1. The van der Waals surface area contributed by atoms with Crippen molar-refractivity contribution in [1.29, 1.82) is 0 Å². The van der Waals surface area contributed by atoms with Gasteiger partial charge in [0.25, 0.3) is 11.8 Å². The fourth-order valence-electron chi connectivity index (χ4n) is 4.56. The molecule has 0 bridgehead atoms. The number of thiocarbonyl (C=S) groups is 1. The van der Waals surface area contributed by atoms with Gasteiger partial charge in [0.2, 0.25) is 0 Å². The van der Waals surface area contributed by atoms with Crippen molar-refractivity contribution in [2.24, 2.45) is 0 Å². The Morgan fingerprint density at radius 2 is 1.86 bits per heavy atom. The summed E-state index contributed by atoms with van der Waals surface area (Å²) in [7, 11) is 1.56. The lowest BCUT2D eigenvalue weighted by Crippen LogP contribution is -2.54. The number of carbonyl (C=O) groups is 2. The normalized spacial score (nSPS) is 16.8. The summed E-state index contributed by atoms with van der Waals surface area (Å²) in [6, 6.07) is 23.5. The van der Waals surface area contributed by atoms with E-state index in [1.165, 1.54) is 21.7 Å². The second-order valence-corrected chi connectivity index (χ2v) is 8.94. The van der Waals surface area contributed by atoms with Crippen LogP contribution in [0.2, 0.25) is 0 Å². The van der Waals surface area contributed by atoms with Gasteiger partial charge in [-0.05, 0) is 72.1 Å². The molecule has 2 aliphatic heterocycles. The summed E-state index contributed by atoms with van der Waals surface area (Å²) < 4.78 is 5.27. The second-order valence-electron chi connectivity index (χ2n) is 8.56. The topological polar surface area (TPSA) is 61.9 Å². The first kappa shape index (κ1) is 22.8. The second kappa shape index (κ2) is 9.72. The third-order valence-corrected chi connectivity index (χ3v) is 6.54. The smallest absolute Gasteiger partial charge is 0.270 e. The number of methoxy groups -OCH3 is 1. The van der Waals surface area contributed by atoms with Crippen LogP contribution in [0.25, 0.3) is 6.08 Å². The molecule has 1 saturated heterocycles. The highest BCUT2D eigenvalue weighted by Gasteiger charge is 2.34. The van der Waals surface area contributed by atoms with Gasteiger partial charge in [0.05, 0.1) is 12.8 Å². The molecule has 2 aliphatic rings. The van der Waals surface area contributed by atoms with Crippen molar-refractivity contribution in [3.8, 4) is 5.75 Å². The number of benzene rings is 3. The minimum Gasteiger partial charge on any atom is -0.497 e. The number of rotatable bonds is 5. The molecule has 0 radical (unpaired) electrons. The number of nitrogens with one attached hydrogen (secondary N) is 1. The summed E-state index contributed by atoms with van der Waals surface area (Å²) in [6.07, 6.45) is 3.65. The molecule has 0 aromatic heterocycles. The first-order valence-electron chi connectivity index (χ1n) is 11.5. The van der Waals surface area contributed by atoms with Gasteiger partial charge >= 0.3 is 0 Å². The van der Waals surface area contributed by atoms with E-state index in [9.17, 15) is 9.59 Å². The van der Waals surface area contributed by atoms with Gasteiger partial charge in [0.15, 0.2) is 5.11 Å². The molecule has 2 heterocycles. The van der Waals surface area contributed by atoms with Crippen LogP contribution in [0.5, 0.6) is 5.75 Å². The largest absolute Gasteiger partial charge is 0.497 e. The van der Waals surface area contributed by atoms with Crippen LogP contribution in [-0.2, 0) is 22.6 Å². The Morgan fingerprint density at radius 3 is 2.66 bits per heavy atom. The van der Waals surface area contributed by atoms with Gasteiger partial charge in [-0.15, -0.1) is 0 Å². The standard InChI is InChI=1S/C28H25N3O3S/c1-34-23-11-5-10-22(17-23)31-27(33)24(26(32)29-28(31)35)16-20-12-13-25-21(15-20)9-6-14-30(25)18-19-7-3-2-4-8-19/h2-5,7-8,10-13,15-17H,6,9,14,18H2,1H3,(H,29,32,35). The monoisotopic (exact) mass is 483 g/mol. The molecule has 6 nitrogen and oxygen atoms in total. The summed E-state index contributed by atoms with van der Waals surface area (Å²) in [5.41, 5.74) is 5.06. The van der Waals surface area contributed by atoms with Gasteiger partial charge in [-0.2, -0.15) is 0 Å². The van der Waals surface area contributed by atoms with Crippen molar-refractivity contribution >= 4 is 46.6 Å². The maximum absolute atomic E-state index is 13.4. The van der Waals surface area contributed by atoms with Crippen LogP contribution < -0.4 is 19.9 Å². The zero-order valence-electron chi connectivity index (χ0n) is 19.4. The number of amides is 2. The van der Waals surface area contributed by atoms with Gasteiger partial charge in [0, 0.05) is 24.8 Å². The van der Waals surface area contributed by atoms with E-state index >= 15 is 0 Å². The van der Waals surface area contributed by atoms with Crippen molar-refractivity contribution in [3.05, 3.63) is 95.1 Å². The van der Waals surface area contributed by atoms with E-state index in [0.29, 0.717) is 11.4 Å². The third kappa shape index (κ3) is 4.68. The van der Waals surface area contributed by atoms with Crippen molar-refractivity contribution in [3.63, 3.8) is 0 Å². The van der Waals surface area contributed by atoms with Crippen LogP contribution in [-0.4, -0.2) is 30.6 Å². The number of hydrogen-bond acceptors (Lipinski definition) is 5. The predicted octanol–water partition coefficient (Wildman–Crippen LogP) is 4.48. The maximum Gasteiger partial charge on any atom is 0.270 e. The lowest BCUT2D eigenvalue weighted by Gasteiger charge is -2.32. The van der Waals surface area contributed by atoms with Crippen molar-refractivity contribution in [2.45, 2.75) is 19.4 Å². The fraction of sp³-hybridized carbons (Fsp3) is 0.179. The van der Waals surface area contributed by atoms with E-state index in [4.69, 9.17) is 17.0 Å². The molecule has 1 fully saturated rings. The number of hydrogen-bond donors (Lipinski definition) is 1. The van der Waals surface area contributed by atoms with Gasteiger partial charge in [-0.3, -0.25) is 19.8 Å². The van der Waals surface area contributed by atoms with Crippen molar-refractivity contribution in [2.75, 3.05) is 23.5 Å². The van der Waals surface area contributed by atoms with E-state index in [2.05, 4.69) is 46.6 Å². The van der Waals surface area contributed by atoms with Crippen LogP contribution in [0.4, 0.5) is 11.4 Å². The van der Waals surface area contributed by atoms with Gasteiger partial charge in [-0.25, -0.2) is 0 Å². The number of carbonyl (C=O) groups excluding carboxylic acids is 2. The minimum absolute atomic E-state index is 0.0401.